The number of halogens is 1. The van der Waals surface area contributed by atoms with Gasteiger partial charge in [0.2, 0.25) is 5.91 Å². The number of benzene rings is 2. The highest BCUT2D eigenvalue weighted by Gasteiger charge is 2.29. The molecule has 4 rings (SSSR count). The van der Waals surface area contributed by atoms with E-state index < -0.39 is 5.82 Å². The van der Waals surface area contributed by atoms with Crippen LogP contribution in [0.25, 0.3) is 0 Å². The van der Waals surface area contributed by atoms with Crippen molar-refractivity contribution in [2.24, 2.45) is 5.92 Å². The van der Waals surface area contributed by atoms with E-state index in [9.17, 15) is 18.8 Å². The summed E-state index contributed by atoms with van der Waals surface area (Å²) in [5.41, 5.74) is 1.57. The van der Waals surface area contributed by atoms with Crippen LogP contribution in [0.1, 0.15) is 46.0 Å². The molecule has 1 aliphatic rings. The molecular formula is C25H25FN4O3. The molecule has 0 bridgehead atoms. The summed E-state index contributed by atoms with van der Waals surface area (Å²) < 4.78 is 15.0. The third-order valence-corrected chi connectivity index (χ3v) is 5.89. The molecule has 2 heterocycles. The van der Waals surface area contributed by atoms with Crippen LogP contribution in [-0.4, -0.2) is 45.4 Å². The molecule has 0 spiro atoms. The normalized spacial score (nSPS) is 14.2. The van der Waals surface area contributed by atoms with Gasteiger partial charge in [0.25, 0.3) is 5.91 Å². The van der Waals surface area contributed by atoms with E-state index in [0.29, 0.717) is 42.7 Å². The summed E-state index contributed by atoms with van der Waals surface area (Å²) in [5, 5.41) is 7.04. The first-order valence-corrected chi connectivity index (χ1v) is 11.0. The van der Waals surface area contributed by atoms with Gasteiger partial charge in [0.1, 0.15) is 5.82 Å². The predicted octanol–water partition coefficient (Wildman–Crippen LogP) is 3.76. The summed E-state index contributed by atoms with van der Waals surface area (Å²) >= 11 is 0. The van der Waals surface area contributed by atoms with E-state index in [1.807, 2.05) is 6.92 Å². The molecule has 0 saturated carbocycles. The molecule has 3 aromatic rings. The lowest BCUT2D eigenvalue weighted by molar-refractivity contribution is -0.121. The zero-order chi connectivity index (χ0) is 23.4. The number of hydrogen-bond acceptors (Lipinski definition) is 4. The lowest BCUT2D eigenvalue weighted by Crippen LogP contribution is -2.41. The number of likely N-dealkylation sites (tertiary alicyclic amines) is 1. The number of carbonyl (C=O) groups is 3. The lowest BCUT2D eigenvalue weighted by Gasteiger charge is -2.31. The highest BCUT2D eigenvalue weighted by Crippen LogP contribution is 2.23. The number of nitrogens with one attached hydrogen (secondary N) is 1. The number of carbonyl (C=O) groups excluding carboxylic acids is 3. The predicted molar refractivity (Wildman–Crippen MR) is 121 cm³/mol. The van der Waals surface area contributed by atoms with Crippen molar-refractivity contribution >= 4 is 23.3 Å². The van der Waals surface area contributed by atoms with Crippen molar-refractivity contribution in [3.8, 4) is 0 Å². The molecule has 33 heavy (non-hydrogen) atoms. The highest BCUT2D eigenvalue weighted by atomic mass is 19.1. The van der Waals surface area contributed by atoms with E-state index in [0.717, 1.165) is 6.54 Å². The van der Waals surface area contributed by atoms with Crippen LogP contribution in [-0.2, 0) is 11.3 Å². The third kappa shape index (κ3) is 5.00. The van der Waals surface area contributed by atoms with Gasteiger partial charge in [-0.25, -0.2) is 4.39 Å². The van der Waals surface area contributed by atoms with E-state index in [1.54, 1.807) is 46.2 Å². The molecule has 1 N–H and O–H groups in total. The number of piperidine rings is 1. The van der Waals surface area contributed by atoms with Crippen molar-refractivity contribution in [2.75, 3.05) is 18.4 Å². The van der Waals surface area contributed by atoms with Crippen LogP contribution in [0.3, 0.4) is 0 Å². The standard InChI is InChI=1S/C25H25FN4O3/c1-2-30-16-20(15-27-30)28-24(32)18-11-13-29(14-12-18)25(33)22-6-4-3-5-21(22)23(31)17-7-9-19(26)10-8-17/h3-10,15-16,18H,2,11-14H2,1H3,(H,28,32). The first kappa shape index (κ1) is 22.4. The summed E-state index contributed by atoms with van der Waals surface area (Å²) in [6.45, 7) is 3.53. The Morgan fingerprint density at radius 2 is 1.70 bits per heavy atom. The zero-order valence-electron chi connectivity index (χ0n) is 18.3. The molecule has 8 heteroatoms. The maximum absolute atomic E-state index is 13.2. The van der Waals surface area contributed by atoms with Crippen molar-refractivity contribution in [1.82, 2.24) is 14.7 Å². The maximum Gasteiger partial charge on any atom is 0.254 e. The van der Waals surface area contributed by atoms with Gasteiger partial charge in [-0.1, -0.05) is 18.2 Å². The zero-order valence-corrected chi connectivity index (χ0v) is 18.3. The van der Waals surface area contributed by atoms with Gasteiger partial charge in [-0.3, -0.25) is 19.1 Å². The third-order valence-electron chi connectivity index (χ3n) is 5.89. The number of rotatable bonds is 6. The Balaban J connectivity index is 1.41. The quantitative estimate of drug-likeness (QED) is 0.582. The van der Waals surface area contributed by atoms with Gasteiger partial charge in [0, 0.05) is 42.9 Å². The summed E-state index contributed by atoms with van der Waals surface area (Å²) in [7, 11) is 0. The Hall–Kier alpha value is -3.81. The summed E-state index contributed by atoms with van der Waals surface area (Å²) in [5.74, 6) is -1.29. The van der Waals surface area contributed by atoms with Crippen molar-refractivity contribution in [3.63, 3.8) is 0 Å². The maximum atomic E-state index is 13.2. The second-order valence-electron chi connectivity index (χ2n) is 8.02. The van der Waals surface area contributed by atoms with E-state index >= 15 is 0 Å². The summed E-state index contributed by atoms with van der Waals surface area (Å²) in [6, 6.07) is 11.9. The lowest BCUT2D eigenvalue weighted by atomic mass is 9.93. The molecule has 170 valence electrons. The van der Waals surface area contributed by atoms with Crippen LogP contribution >= 0.6 is 0 Å². The molecule has 1 fully saturated rings. The Morgan fingerprint density at radius 3 is 2.33 bits per heavy atom. The molecule has 0 atom stereocenters. The van der Waals surface area contributed by atoms with Crippen molar-refractivity contribution in [2.45, 2.75) is 26.3 Å². The number of amides is 2. The molecule has 2 aromatic carbocycles. The molecule has 0 radical (unpaired) electrons. The summed E-state index contributed by atoms with van der Waals surface area (Å²) in [6.07, 6.45) is 4.47. The second-order valence-corrected chi connectivity index (χ2v) is 8.02. The van der Waals surface area contributed by atoms with E-state index in [2.05, 4.69) is 10.4 Å². The molecule has 1 aromatic heterocycles. The van der Waals surface area contributed by atoms with Gasteiger partial charge >= 0.3 is 0 Å². The second kappa shape index (κ2) is 9.77. The number of anilines is 1. The van der Waals surface area contributed by atoms with Gasteiger partial charge < -0.3 is 10.2 Å². The van der Waals surface area contributed by atoms with Gasteiger partial charge in [-0.15, -0.1) is 0 Å². The van der Waals surface area contributed by atoms with Gasteiger partial charge in [0.15, 0.2) is 5.78 Å². The minimum absolute atomic E-state index is 0.0790. The molecule has 0 aliphatic carbocycles. The van der Waals surface area contributed by atoms with E-state index in [-0.39, 0.29) is 29.1 Å². The number of ketones is 1. The molecule has 2 amide bonds. The SMILES string of the molecule is CCn1cc(NC(=O)C2CCN(C(=O)c3ccccc3C(=O)c3ccc(F)cc3)CC2)cn1. The summed E-state index contributed by atoms with van der Waals surface area (Å²) in [4.78, 5) is 40.5. The van der Waals surface area contributed by atoms with Crippen molar-refractivity contribution < 1.29 is 18.8 Å². The molecule has 0 unspecified atom stereocenters. The topological polar surface area (TPSA) is 84.3 Å². The van der Waals surface area contributed by atoms with Gasteiger partial charge in [0.05, 0.1) is 17.4 Å². The fourth-order valence-corrected chi connectivity index (χ4v) is 3.98. The monoisotopic (exact) mass is 448 g/mol. The van der Waals surface area contributed by atoms with Crippen LogP contribution in [0.5, 0.6) is 0 Å². The van der Waals surface area contributed by atoms with Crippen LogP contribution < -0.4 is 5.32 Å². The Morgan fingerprint density at radius 1 is 1.03 bits per heavy atom. The van der Waals surface area contributed by atoms with Crippen molar-refractivity contribution in [1.29, 1.82) is 0 Å². The van der Waals surface area contributed by atoms with E-state index in [4.69, 9.17) is 0 Å². The van der Waals surface area contributed by atoms with Crippen LogP contribution in [0.2, 0.25) is 0 Å². The number of hydrogen-bond donors (Lipinski definition) is 1. The average molecular weight is 448 g/mol. The van der Waals surface area contributed by atoms with Crippen LogP contribution in [0.4, 0.5) is 10.1 Å². The Kier molecular flexibility index (Phi) is 6.63. The number of aryl methyl sites for hydroxylation is 1. The van der Waals surface area contributed by atoms with Crippen molar-refractivity contribution in [3.05, 3.63) is 83.4 Å². The molecule has 1 saturated heterocycles. The highest BCUT2D eigenvalue weighted by molar-refractivity contribution is 6.15. The minimum atomic E-state index is -0.429. The number of aromatic nitrogens is 2. The largest absolute Gasteiger partial charge is 0.339 e. The average Bonchev–Trinajstić information content (AvgIpc) is 3.31. The van der Waals surface area contributed by atoms with Crippen LogP contribution in [0, 0.1) is 11.7 Å². The first-order valence-electron chi connectivity index (χ1n) is 11.0. The fraction of sp³-hybridized carbons (Fsp3) is 0.280. The van der Waals surface area contributed by atoms with Gasteiger partial charge in [-0.2, -0.15) is 5.10 Å². The molecular weight excluding hydrogens is 423 g/mol. The molecule has 1 aliphatic heterocycles. The Labute approximate surface area is 191 Å². The first-order chi connectivity index (χ1) is 16.0. The fourth-order valence-electron chi connectivity index (χ4n) is 3.98. The molecule has 7 nitrogen and oxygen atoms in total. The smallest absolute Gasteiger partial charge is 0.254 e. The minimum Gasteiger partial charge on any atom is -0.339 e. The van der Waals surface area contributed by atoms with Gasteiger partial charge in [-0.05, 0) is 50.1 Å². The van der Waals surface area contributed by atoms with Crippen LogP contribution in [0.15, 0.2) is 60.9 Å². The Bertz CT molecular complexity index is 1160. The number of nitrogens with zero attached hydrogens (tertiary/aromatic N) is 3. The van der Waals surface area contributed by atoms with E-state index in [1.165, 1.54) is 24.3 Å².